The topological polar surface area (TPSA) is 69.6 Å². The summed E-state index contributed by atoms with van der Waals surface area (Å²) in [5.41, 5.74) is -5.53. The van der Waals surface area contributed by atoms with Gasteiger partial charge < -0.3 is 5.01 Å². The van der Waals surface area contributed by atoms with Gasteiger partial charge in [0, 0.05) is 18.7 Å². The minimum atomic E-state index is -5.84. The molecule has 2 N–H and O–H groups in total. The molecule has 5 nitrogen and oxygen atoms in total. The molecular weight excluding hydrogens is 245 g/mol. The van der Waals surface area contributed by atoms with Gasteiger partial charge in [-0.25, -0.2) is 0 Å². The smallest absolute Gasteiger partial charge is 0.308 e. The van der Waals surface area contributed by atoms with Gasteiger partial charge in [-0.15, -0.1) is 0 Å². The SMILES string of the molecule is CN1C=CSN1.O=S(=O)(O)C(F)(F)F. The number of hydrazine groups is 1. The van der Waals surface area contributed by atoms with Gasteiger partial charge >= 0.3 is 15.6 Å². The lowest BCUT2D eigenvalue weighted by Gasteiger charge is -2.02. The van der Waals surface area contributed by atoms with E-state index in [4.69, 9.17) is 13.0 Å². The summed E-state index contributed by atoms with van der Waals surface area (Å²) in [4.78, 5) is 2.96. The Labute approximate surface area is 82.8 Å². The van der Waals surface area contributed by atoms with Crippen LogP contribution in [0.5, 0.6) is 0 Å². The minimum absolute atomic E-state index is 1.58. The maximum Gasteiger partial charge on any atom is 0.522 e. The van der Waals surface area contributed by atoms with E-state index in [0.29, 0.717) is 0 Å². The van der Waals surface area contributed by atoms with Crippen LogP contribution in [0, 0.1) is 0 Å². The first-order valence-electron chi connectivity index (χ1n) is 2.99. The van der Waals surface area contributed by atoms with Crippen molar-refractivity contribution >= 4 is 22.1 Å². The summed E-state index contributed by atoms with van der Waals surface area (Å²) in [6.07, 6.45) is 1.96. The quantitative estimate of drug-likeness (QED) is 0.380. The van der Waals surface area contributed by atoms with Crippen molar-refractivity contribution in [2.24, 2.45) is 0 Å². The van der Waals surface area contributed by atoms with E-state index in [2.05, 4.69) is 4.83 Å². The largest absolute Gasteiger partial charge is 0.522 e. The lowest BCUT2D eigenvalue weighted by molar-refractivity contribution is -0.0510. The zero-order valence-corrected chi connectivity index (χ0v) is 8.45. The predicted octanol–water partition coefficient (Wildman–Crippen LogP) is 0.950. The number of hydrogen-bond acceptors (Lipinski definition) is 5. The summed E-state index contributed by atoms with van der Waals surface area (Å²) in [5.74, 6) is 0. The Morgan fingerprint density at radius 3 is 2.00 bits per heavy atom. The van der Waals surface area contributed by atoms with Gasteiger partial charge in [-0.3, -0.25) is 4.55 Å². The lowest BCUT2D eigenvalue weighted by atomic mass is 11.0. The van der Waals surface area contributed by atoms with Crippen molar-refractivity contribution in [1.82, 2.24) is 9.84 Å². The molecular formula is C4H7F3N2O3S2. The van der Waals surface area contributed by atoms with Gasteiger partial charge in [0.15, 0.2) is 0 Å². The zero-order chi connectivity index (χ0) is 11.4. The highest BCUT2D eigenvalue weighted by Gasteiger charge is 2.44. The fourth-order valence-electron chi connectivity index (χ4n) is 0.266. The van der Waals surface area contributed by atoms with E-state index in [9.17, 15) is 13.2 Å². The molecule has 14 heavy (non-hydrogen) atoms. The molecule has 0 saturated carbocycles. The fraction of sp³-hybridized carbons (Fsp3) is 0.500. The summed E-state index contributed by atoms with van der Waals surface area (Å²) in [5, 5.41) is 3.88. The molecule has 10 heteroatoms. The minimum Gasteiger partial charge on any atom is -0.308 e. The summed E-state index contributed by atoms with van der Waals surface area (Å²) < 4.78 is 57.5. The van der Waals surface area contributed by atoms with Crippen LogP contribution >= 0.6 is 11.9 Å². The van der Waals surface area contributed by atoms with Gasteiger partial charge in [0.1, 0.15) is 0 Å². The van der Waals surface area contributed by atoms with E-state index < -0.39 is 15.6 Å². The van der Waals surface area contributed by atoms with Crippen molar-refractivity contribution in [2.75, 3.05) is 7.05 Å². The Morgan fingerprint density at radius 1 is 1.50 bits per heavy atom. The molecule has 0 spiro atoms. The molecule has 0 saturated heterocycles. The van der Waals surface area contributed by atoms with E-state index in [1.807, 2.05) is 23.7 Å². The Bertz CT molecular complexity index is 299. The maximum absolute atomic E-state index is 10.7. The van der Waals surface area contributed by atoms with Gasteiger partial charge in [0.25, 0.3) is 0 Å². The first-order valence-corrected chi connectivity index (χ1v) is 5.31. The van der Waals surface area contributed by atoms with Gasteiger partial charge in [-0.2, -0.15) is 26.4 Å². The summed E-state index contributed by atoms with van der Waals surface area (Å²) in [7, 11) is -3.89. The second-order valence-corrected chi connectivity index (χ2v) is 4.13. The molecule has 0 atom stereocenters. The molecule has 84 valence electrons. The molecule has 1 aliphatic heterocycles. The van der Waals surface area contributed by atoms with Crippen LogP contribution in [0.2, 0.25) is 0 Å². The second-order valence-electron chi connectivity index (χ2n) is 2.03. The van der Waals surface area contributed by atoms with Crippen molar-refractivity contribution in [3.63, 3.8) is 0 Å². The van der Waals surface area contributed by atoms with Crippen LogP contribution in [-0.2, 0) is 10.1 Å². The number of hydrogen-bond donors (Lipinski definition) is 2. The normalized spacial score (nSPS) is 16.5. The van der Waals surface area contributed by atoms with Crippen LogP contribution in [0.4, 0.5) is 13.2 Å². The molecule has 0 unspecified atom stereocenters. The highest BCUT2D eigenvalue weighted by atomic mass is 32.2. The summed E-state index contributed by atoms with van der Waals surface area (Å²) in [6, 6.07) is 0. The predicted molar refractivity (Wildman–Crippen MR) is 45.2 cm³/mol. The highest BCUT2D eigenvalue weighted by Crippen LogP contribution is 2.20. The third-order valence-electron chi connectivity index (χ3n) is 0.842. The van der Waals surface area contributed by atoms with Crippen LogP contribution in [0.1, 0.15) is 0 Å². The number of halogens is 3. The number of nitrogens with one attached hydrogen (secondary N) is 1. The third-order valence-corrected chi connectivity index (χ3v) is 2.08. The molecule has 1 rings (SSSR count). The van der Waals surface area contributed by atoms with Crippen LogP contribution in [0.3, 0.4) is 0 Å². The molecule has 0 fully saturated rings. The third kappa shape index (κ3) is 5.32. The van der Waals surface area contributed by atoms with Crippen LogP contribution in [0.25, 0.3) is 0 Å². The van der Waals surface area contributed by atoms with Gasteiger partial charge in [0.05, 0.1) is 0 Å². The van der Waals surface area contributed by atoms with E-state index in [1.54, 1.807) is 11.9 Å². The summed E-state index contributed by atoms with van der Waals surface area (Å²) >= 11 is 1.58. The molecule has 0 aliphatic carbocycles. The van der Waals surface area contributed by atoms with Crippen molar-refractivity contribution in [1.29, 1.82) is 0 Å². The number of rotatable bonds is 0. The molecule has 0 radical (unpaired) electrons. The first-order chi connectivity index (χ1) is 6.14. The zero-order valence-electron chi connectivity index (χ0n) is 6.82. The molecule has 1 aliphatic rings. The van der Waals surface area contributed by atoms with Crippen LogP contribution in [0.15, 0.2) is 11.6 Å². The maximum atomic E-state index is 10.7. The average molecular weight is 252 g/mol. The Morgan fingerprint density at radius 2 is 1.93 bits per heavy atom. The molecule has 0 aromatic rings. The Balaban J connectivity index is 0.000000249. The van der Waals surface area contributed by atoms with Gasteiger partial charge in [-0.1, -0.05) is 0 Å². The Kier molecular flexibility index (Phi) is 4.71. The standard InChI is InChI=1S/C3H6N2S.CHF3O3S/c1-5-2-3-6-4-5;2-1(3,4)8(5,6)7/h2-4H,1H3;(H,5,6,7). The van der Waals surface area contributed by atoms with Crippen molar-refractivity contribution in [3.05, 3.63) is 11.6 Å². The average Bonchev–Trinajstić information content (AvgIpc) is 2.35. The van der Waals surface area contributed by atoms with Crippen molar-refractivity contribution in [2.45, 2.75) is 5.51 Å². The van der Waals surface area contributed by atoms with Crippen molar-refractivity contribution in [3.8, 4) is 0 Å². The number of alkyl halides is 3. The van der Waals surface area contributed by atoms with Crippen molar-refractivity contribution < 1.29 is 26.1 Å². The Hall–Kier alpha value is -0.450. The molecule has 0 aromatic heterocycles. The monoisotopic (exact) mass is 252 g/mol. The fourth-order valence-corrected chi connectivity index (χ4v) is 0.797. The van der Waals surface area contributed by atoms with Gasteiger partial charge in [-0.05, 0) is 11.9 Å². The molecule has 1 heterocycles. The highest BCUT2D eigenvalue weighted by molar-refractivity contribution is 8.00. The van der Waals surface area contributed by atoms with Crippen LogP contribution in [-0.4, -0.2) is 30.5 Å². The molecule has 0 aromatic carbocycles. The second kappa shape index (κ2) is 4.87. The van der Waals surface area contributed by atoms with E-state index in [1.165, 1.54) is 0 Å². The lowest BCUT2D eigenvalue weighted by Crippen LogP contribution is -2.21. The molecule has 0 amide bonds. The first kappa shape index (κ1) is 13.5. The van der Waals surface area contributed by atoms with E-state index in [-0.39, 0.29) is 0 Å². The number of nitrogens with zero attached hydrogens (tertiary/aromatic N) is 1. The van der Waals surface area contributed by atoms with E-state index in [0.717, 1.165) is 0 Å². The van der Waals surface area contributed by atoms with Gasteiger partial charge in [0.2, 0.25) is 0 Å². The molecule has 0 bridgehead atoms. The van der Waals surface area contributed by atoms with E-state index >= 15 is 0 Å². The summed E-state index contributed by atoms with van der Waals surface area (Å²) in [6.45, 7) is 0. The van der Waals surface area contributed by atoms with Crippen LogP contribution < -0.4 is 4.83 Å².